The maximum Gasteiger partial charge on any atom is 0.435 e. The number of aromatic nitrogens is 2. The number of benzene rings is 3. The summed E-state index contributed by atoms with van der Waals surface area (Å²) < 4.78 is 68.3. The number of carbonyl (C=O) groups excluding carboxylic acids is 1. The number of aromatic carboxylic acids is 1. The predicted octanol–water partition coefficient (Wildman–Crippen LogP) is 0.401. The molecule has 0 saturated heterocycles. The number of halogens is 3. The first kappa shape index (κ1) is 47.6. The minimum atomic E-state index is -4.61. The first-order valence-electron chi connectivity index (χ1n) is 17.0. The second-order valence-electron chi connectivity index (χ2n) is 12.7. The van der Waals surface area contributed by atoms with E-state index in [9.17, 15) is 46.2 Å². The van der Waals surface area contributed by atoms with Crippen molar-refractivity contribution < 1.29 is 71.3 Å². The van der Waals surface area contributed by atoms with Gasteiger partial charge in [0.15, 0.2) is 11.7 Å². The number of nitrogen functional groups attached to an aromatic ring is 1. The number of amides is 1. The molecule has 0 radical (unpaired) electrons. The molecule has 1 aromatic heterocycles. The number of aliphatic hydroxyl groups excluding tert-OH is 3. The number of aryl methyl sites for hydroxylation is 1. The Morgan fingerprint density at radius 1 is 0.983 bits per heavy atom. The van der Waals surface area contributed by atoms with Crippen molar-refractivity contribution in [2.45, 2.75) is 55.3 Å². The Bertz CT molecular complexity index is 2330. The number of anilines is 1. The lowest BCUT2D eigenvalue weighted by atomic mass is 9.92. The van der Waals surface area contributed by atoms with E-state index in [0.717, 1.165) is 22.4 Å². The Morgan fingerprint density at radius 3 is 2.05 bits per heavy atom. The number of rotatable bonds is 10. The number of alkyl halides is 3. The molecule has 0 saturated carbocycles. The van der Waals surface area contributed by atoms with Crippen molar-refractivity contribution in [1.82, 2.24) is 15.1 Å². The van der Waals surface area contributed by atoms with Crippen LogP contribution in [0.4, 0.5) is 18.9 Å². The number of nitrogens with two attached hydrogens (primary N) is 4. The van der Waals surface area contributed by atoms with E-state index in [-0.39, 0.29) is 33.5 Å². The summed E-state index contributed by atoms with van der Waals surface area (Å²) in [6.45, 7) is 2.26. The lowest BCUT2D eigenvalue weighted by Gasteiger charge is -2.38. The van der Waals surface area contributed by atoms with Crippen LogP contribution in [0.25, 0.3) is 16.9 Å². The number of sulfonamides is 1. The number of aliphatic carboxylic acids is 1. The van der Waals surface area contributed by atoms with Crippen LogP contribution in [0.15, 0.2) is 94.5 Å². The van der Waals surface area contributed by atoms with E-state index in [0.29, 0.717) is 11.3 Å². The normalized spacial score (nSPS) is 17.1. The van der Waals surface area contributed by atoms with Crippen molar-refractivity contribution in [1.29, 1.82) is 0 Å². The number of nitrogens with one attached hydrogen (secondary N) is 1. The molecule has 3 aromatic carbocycles. The van der Waals surface area contributed by atoms with Crippen LogP contribution in [0.1, 0.15) is 28.5 Å². The summed E-state index contributed by atoms with van der Waals surface area (Å²) in [7, 11) is -3.90. The summed E-state index contributed by atoms with van der Waals surface area (Å²) in [5.41, 5.74) is 17.0. The monoisotopic (exact) mass is 866 g/mol. The second-order valence-corrected chi connectivity index (χ2v) is 14.3. The smallest absolute Gasteiger partial charge is 0.435 e. The molecular weight excluding hydrogens is 826 g/mol. The first-order valence-corrected chi connectivity index (χ1v) is 18.5. The van der Waals surface area contributed by atoms with Gasteiger partial charge in [-0.3, -0.25) is 4.79 Å². The number of hydrogen-bond donors (Lipinski definition) is 11. The van der Waals surface area contributed by atoms with E-state index in [1.807, 2.05) is 6.92 Å². The largest absolute Gasteiger partial charge is 0.507 e. The Balaban J connectivity index is 0.000000259. The summed E-state index contributed by atoms with van der Waals surface area (Å²) in [6, 6.07) is 14.8. The molecule has 24 heteroatoms. The number of primary sulfonamides is 1. The Hall–Kier alpha value is -6.73. The van der Waals surface area contributed by atoms with Gasteiger partial charge in [0.1, 0.15) is 29.6 Å². The lowest BCUT2D eigenvalue weighted by molar-refractivity contribution is -0.146. The molecule has 20 nitrogen and oxygen atoms in total. The number of guanidine groups is 1. The number of aliphatic imine (C=N–C) groups is 1. The van der Waals surface area contributed by atoms with Crippen LogP contribution < -0.4 is 27.7 Å². The average molecular weight is 867 g/mol. The molecule has 0 spiro atoms. The van der Waals surface area contributed by atoms with E-state index in [2.05, 4.69) is 15.4 Å². The SMILES string of the molecule is CC(=O)N[C@H]1[C@H]([C@H](O)[C@H](O)CO)OC(C(=O)O)=C[C@@H]1N=C(N)N.Cc1ccc(-c2cc(C(F)(F)F)nn2-c2ccc(S(N)(=O)=O)cc2)cc1.Nc1ccc(O)c(C(=O)O)c1. The highest BCUT2D eigenvalue weighted by Gasteiger charge is 2.43. The molecule has 0 aliphatic carbocycles. The number of nitrogens with zero attached hydrogens (tertiary/aromatic N) is 3. The lowest BCUT2D eigenvalue weighted by Crippen LogP contribution is -2.59. The van der Waals surface area contributed by atoms with Crippen LogP contribution in [-0.2, 0) is 30.5 Å². The molecule has 5 atom stereocenters. The zero-order valence-electron chi connectivity index (χ0n) is 31.4. The highest BCUT2D eigenvalue weighted by Crippen LogP contribution is 2.33. The average Bonchev–Trinajstić information content (AvgIpc) is 3.62. The number of carboxylic acid groups (broad SMARTS) is 2. The number of aromatic hydroxyl groups is 1. The molecule has 0 bridgehead atoms. The molecule has 5 rings (SSSR count). The van der Waals surface area contributed by atoms with Crippen LogP contribution in [0, 0.1) is 6.92 Å². The number of carbonyl (C=O) groups is 3. The molecule has 1 aliphatic rings. The van der Waals surface area contributed by atoms with Gasteiger partial charge in [0.05, 0.1) is 35.0 Å². The van der Waals surface area contributed by atoms with Crippen molar-refractivity contribution in [2.24, 2.45) is 21.6 Å². The third-order valence-corrected chi connectivity index (χ3v) is 9.04. The van der Waals surface area contributed by atoms with E-state index >= 15 is 0 Å². The van der Waals surface area contributed by atoms with Gasteiger partial charge in [-0.25, -0.2) is 32.8 Å². The summed E-state index contributed by atoms with van der Waals surface area (Å²) in [5.74, 6) is -4.35. The van der Waals surface area contributed by atoms with E-state index in [1.165, 1.54) is 49.4 Å². The van der Waals surface area contributed by atoms with Gasteiger partial charge in [0.2, 0.25) is 21.7 Å². The van der Waals surface area contributed by atoms with Gasteiger partial charge in [-0.05, 0) is 61.5 Å². The van der Waals surface area contributed by atoms with Gasteiger partial charge < -0.3 is 57.9 Å². The first-order chi connectivity index (χ1) is 27.8. The minimum absolute atomic E-state index is 0.138. The number of carboxylic acids is 2. The van der Waals surface area contributed by atoms with Crippen LogP contribution in [0.3, 0.4) is 0 Å². The highest BCUT2D eigenvalue weighted by atomic mass is 32.2. The number of aliphatic hydroxyl groups is 3. The van der Waals surface area contributed by atoms with Crippen LogP contribution in [0.5, 0.6) is 5.75 Å². The minimum Gasteiger partial charge on any atom is -0.507 e. The van der Waals surface area contributed by atoms with Crippen molar-refractivity contribution in [2.75, 3.05) is 12.3 Å². The molecule has 4 aromatic rings. The fourth-order valence-corrected chi connectivity index (χ4v) is 5.80. The maximum absolute atomic E-state index is 13.1. The molecule has 1 aliphatic heterocycles. The second kappa shape index (κ2) is 19.8. The zero-order chi connectivity index (χ0) is 45.3. The van der Waals surface area contributed by atoms with Crippen molar-refractivity contribution in [3.05, 3.63) is 101 Å². The number of ether oxygens (including phenoxy) is 1. The third-order valence-electron chi connectivity index (χ3n) is 8.11. The summed E-state index contributed by atoms with van der Waals surface area (Å²) in [6.07, 6.45) is -8.26. The highest BCUT2D eigenvalue weighted by molar-refractivity contribution is 7.89. The van der Waals surface area contributed by atoms with Crippen molar-refractivity contribution in [3.63, 3.8) is 0 Å². The quantitative estimate of drug-likeness (QED) is 0.0445. The summed E-state index contributed by atoms with van der Waals surface area (Å²) >= 11 is 0. The summed E-state index contributed by atoms with van der Waals surface area (Å²) in [5, 5.41) is 66.2. The standard InChI is InChI=1S/C17H14F3N3O2S.C12H20N4O7.C7H7NO3/c1-11-2-4-12(5-3-11)15-10-16(17(18,19)20)22-23(15)13-6-8-14(9-7-13)26(21,24)25;1-4(18)15-8-5(16-12(13)14)2-7(11(21)22)23-10(8)9(20)6(19)3-17;8-4-1-2-6(9)5(3-4)7(10)11/h2-10H,1H3,(H2,21,24,25);2,5-6,8-10,17,19-20H,3H2,1H3,(H,15,18)(H,21,22)(H4,13,14,16);1-3,9H,8H2,(H,10,11)/t;5-,6+,8+,9+,10+;/m.0./s1. The maximum atomic E-state index is 13.1. The third kappa shape index (κ3) is 12.9. The van der Waals surface area contributed by atoms with Gasteiger partial charge in [-0.1, -0.05) is 29.8 Å². The van der Waals surface area contributed by atoms with Crippen LogP contribution in [-0.4, -0.2) is 110 Å². The predicted molar refractivity (Wildman–Crippen MR) is 206 cm³/mol. The van der Waals surface area contributed by atoms with E-state index < -0.39 is 82.5 Å². The molecule has 0 unspecified atom stereocenters. The zero-order valence-corrected chi connectivity index (χ0v) is 32.2. The summed E-state index contributed by atoms with van der Waals surface area (Å²) in [4.78, 5) is 36.5. The van der Waals surface area contributed by atoms with E-state index in [1.54, 1.807) is 24.3 Å². The van der Waals surface area contributed by atoms with Crippen LogP contribution >= 0.6 is 0 Å². The topological polar surface area (TPSA) is 362 Å². The van der Waals surface area contributed by atoms with E-state index in [4.69, 9.17) is 47.5 Å². The molecule has 1 amide bonds. The van der Waals surface area contributed by atoms with Gasteiger partial charge in [-0.15, -0.1) is 0 Å². The molecule has 15 N–H and O–H groups in total. The van der Waals surface area contributed by atoms with Gasteiger partial charge in [0, 0.05) is 18.2 Å². The number of hydrogen-bond acceptors (Lipinski definition) is 13. The molecule has 60 heavy (non-hydrogen) atoms. The van der Waals surface area contributed by atoms with Crippen molar-refractivity contribution in [3.8, 4) is 22.7 Å². The fourth-order valence-electron chi connectivity index (χ4n) is 5.28. The molecule has 2 heterocycles. The Morgan fingerprint density at radius 2 is 1.58 bits per heavy atom. The molecule has 324 valence electrons. The van der Waals surface area contributed by atoms with Crippen LogP contribution in [0.2, 0.25) is 0 Å². The van der Waals surface area contributed by atoms with Crippen molar-refractivity contribution >= 4 is 39.5 Å². The Labute approximate surface area is 338 Å². The van der Waals surface area contributed by atoms with Gasteiger partial charge >= 0.3 is 18.1 Å². The fraction of sp³-hybridized carbons (Fsp3) is 0.250. The Kier molecular flexibility index (Phi) is 15.7. The number of phenols is 1. The molecular formula is C36H41F3N8O12S. The molecule has 0 fully saturated rings. The van der Waals surface area contributed by atoms with Gasteiger partial charge in [-0.2, -0.15) is 18.3 Å². The van der Waals surface area contributed by atoms with Gasteiger partial charge in [0.25, 0.3) is 0 Å².